The van der Waals surface area contributed by atoms with Gasteiger partial charge in [-0.25, -0.2) is 4.98 Å². The van der Waals surface area contributed by atoms with E-state index in [2.05, 4.69) is 18.8 Å². The Morgan fingerprint density at radius 3 is 2.73 bits per heavy atom. The zero-order valence-electron chi connectivity index (χ0n) is 9.79. The summed E-state index contributed by atoms with van der Waals surface area (Å²) in [4.78, 5) is 4.34. The van der Waals surface area contributed by atoms with E-state index in [4.69, 9.17) is 10.5 Å². The highest BCUT2D eigenvalue weighted by Crippen LogP contribution is 2.16. The van der Waals surface area contributed by atoms with Gasteiger partial charge in [-0.3, -0.25) is 0 Å². The second kappa shape index (κ2) is 5.71. The molecule has 0 unspecified atom stereocenters. The molecule has 0 fully saturated rings. The summed E-state index contributed by atoms with van der Waals surface area (Å²) in [7, 11) is 0. The summed E-state index contributed by atoms with van der Waals surface area (Å²) in [6.07, 6.45) is 1.04. The molecule has 0 bridgehead atoms. The minimum atomic E-state index is 0.476. The third-order valence-electron chi connectivity index (χ3n) is 2.23. The van der Waals surface area contributed by atoms with Crippen LogP contribution >= 0.6 is 0 Å². The number of hydrogen-bond donors (Lipinski definition) is 1. The molecule has 3 nitrogen and oxygen atoms in total. The smallest absolute Gasteiger partial charge is 0.218 e. The second-order valence-corrected chi connectivity index (χ2v) is 4.15. The highest BCUT2D eigenvalue weighted by atomic mass is 16.5. The van der Waals surface area contributed by atoms with Crippen molar-refractivity contribution in [2.75, 3.05) is 6.61 Å². The average Bonchev–Trinajstić information content (AvgIpc) is 2.17. The molecule has 0 aliphatic rings. The maximum Gasteiger partial charge on any atom is 0.218 e. The van der Waals surface area contributed by atoms with E-state index in [1.165, 1.54) is 0 Å². The zero-order chi connectivity index (χ0) is 11.3. The van der Waals surface area contributed by atoms with E-state index in [1.54, 1.807) is 0 Å². The van der Waals surface area contributed by atoms with E-state index in [9.17, 15) is 0 Å². The number of hydrogen-bond acceptors (Lipinski definition) is 3. The summed E-state index contributed by atoms with van der Waals surface area (Å²) in [6, 6.07) is 3.94. The van der Waals surface area contributed by atoms with E-state index in [0.29, 0.717) is 24.9 Å². The number of aromatic nitrogens is 1. The van der Waals surface area contributed by atoms with Gasteiger partial charge in [-0.15, -0.1) is 0 Å². The van der Waals surface area contributed by atoms with Crippen LogP contribution in [0.4, 0.5) is 0 Å². The van der Waals surface area contributed by atoms with Crippen molar-refractivity contribution in [1.82, 2.24) is 4.98 Å². The van der Waals surface area contributed by atoms with Crippen molar-refractivity contribution in [3.8, 4) is 5.88 Å². The summed E-state index contributed by atoms with van der Waals surface area (Å²) < 4.78 is 5.63. The van der Waals surface area contributed by atoms with Crippen LogP contribution in [0.2, 0.25) is 0 Å². The Bertz CT molecular complexity index is 310. The number of pyridine rings is 1. The fraction of sp³-hybridized carbons (Fsp3) is 0.583. The fourth-order valence-electron chi connectivity index (χ4n) is 1.23. The van der Waals surface area contributed by atoms with Crippen LogP contribution in [-0.2, 0) is 6.54 Å². The largest absolute Gasteiger partial charge is 0.477 e. The van der Waals surface area contributed by atoms with E-state index >= 15 is 0 Å². The van der Waals surface area contributed by atoms with Crippen molar-refractivity contribution in [1.29, 1.82) is 0 Å². The first-order valence-corrected chi connectivity index (χ1v) is 5.43. The molecule has 2 N–H and O–H groups in total. The maximum atomic E-state index is 5.63. The standard InChI is InChI=1S/C12H20N2O/c1-9(2)6-7-15-12-11(8-13)5-4-10(3)14-12/h4-5,9H,6-8,13H2,1-3H3. The lowest BCUT2D eigenvalue weighted by molar-refractivity contribution is 0.276. The van der Waals surface area contributed by atoms with Crippen LogP contribution in [0.15, 0.2) is 12.1 Å². The first kappa shape index (κ1) is 12.0. The monoisotopic (exact) mass is 208 g/mol. The summed E-state index contributed by atoms with van der Waals surface area (Å²) in [5.41, 5.74) is 7.55. The van der Waals surface area contributed by atoms with Crippen molar-refractivity contribution in [2.24, 2.45) is 11.7 Å². The molecule has 0 saturated heterocycles. The molecule has 1 heterocycles. The van der Waals surface area contributed by atoms with Crippen molar-refractivity contribution < 1.29 is 4.74 Å². The van der Waals surface area contributed by atoms with Gasteiger partial charge in [0.1, 0.15) is 0 Å². The highest BCUT2D eigenvalue weighted by Gasteiger charge is 2.04. The van der Waals surface area contributed by atoms with Crippen molar-refractivity contribution >= 4 is 0 Å². The number of nitrogens with two attached hydrogens (primary N) is 1. The Morgan fingerprint density at radius 2 is 2.13 bits per heavy atom. The summed E-state index contributed by atoms with van der Waals surface area (Å²) in [5, 5.41) is 0. The Kier molecular flexibility index (Phi) is 4.56. The molecule has 84 valence electrons. The molecule has 3 heteroatoms. The Balaban J connectivity index is 2.62. The first-order valence-electron chi connectivity index (χ1n) is 5.43. The lowest BCUT2D eigenvalue weighted by atomic mass is 10.1. The highest BCUT2D eigenvalue weighted by molar-refractivity contribution is 5.27. The van der Waals surface area contributed by atoms with Crippen molar-refractivity contribution in [3.05, 3.63) is 23.4 Å². The molecule has 0 aliphatic heterocycles. The molecule has 0 aromatic carbocycles. The molecule has 1 rings (SSSR count). The maximum absolute atomic E-state index is 5.63. The molecule has 0 spiro atoms. The van der Waals surface area contributed by atoms with Crippen molar-refractivity contribution in [3.63, 3.8) is 0 Å². The van der Waals surface area contributed by atoms with Gasteiger partial charge in [0.25, 0.3) is 0 Å². The van der Waals surface area contributed by atoms with Gasteiger partial charge >= 0.3 is 0 Å². The fourth-order valence-corrected chi connectivity index (χ4v) is 1.23. The molecular formula is C12H20N2O. The van der Waals surface area contributed by atoms with Gasteiger partial charge in [0.15, 0.2) is 0 Å². The van der Waals surface area contributed by atoms with Crippen LogP contribution in [0.1, 0.15) is 31.5 Å². The lowest BCUT2D eigenvalue weighted by Gasteiger charge is -2.10. The minimum absolute atomic E-state index is 0.476. The number of ether oxygens (including phenoxy) is 1. The van der Waals surface area contributed by atoms with Gasteiger partial charge in [0.2, 0.25) is 5.88 Å². The normalized spacial score (nSPS) is 10.7. The molecular weight excluding hydrogens is 188 g/mol. The lowest BCUT2D eigenvalue weighted by Crippen LogP contribution is -2.07. The van der Waals surface area contributed by atoms with Crippen LogP contribution in [0.25, 0.3) is 0 Å². The first-order chi connectivity index (χ1) is 7.13. The Labute approximate surface area is 91.7 Å². The molecule has 0 radical (unpaired) electrons. The number of nitrogens with zero attached hydrogens (tertiary/aromatic N) is 1. The third-order valence-corrected chi connectivity index (χ3v) is 2.23. The molecule has 0 atom stereocenters. The van der Waals surface area contributed by atoms with Crippen LogP contribution < -0.4 is 10.5 Å². The predicted molar refractivity (Wildman–Crippen MR) is 61.8 cm³/mol. The van der Waals surface area contributed by atoms with Crippen LogP contribution in [0.3, 0.4) is 0 Å². The topological polar surface area (TPSA) is 48.1 Å². The molecule has 1 aromatic heterocycles. The predicted octanol–water partition coefficient (Wildman–Crippen LogP) is 2.27. The molecule has 0 amide bonds. The van der Waals surface area contributed by atoms with E-state index < -0.39 is 0 Å². The van der Waals surface area contributed by atoms with Gasteiger partial charge in [0, 0.05) is 17.8 Å². The van der Waals surface area contributed by atoms with Crippen LogP contribution in [0, 0.1) is 12.8 Å². The van der Waals surface area contributed by atoms with Gasteiger partial charge in [0.05, 0.1) is 6.61 Å². The van der Waals surface area contributed by atoms with E-state index in [1.807, 2.05) is 19.1 Å². The van der Waals surface area contributed by atoms with Crippen molar-refractivity contribution in [2.45, 2.75) is 33.7 Å². The summed E-state index contributed by atoms with van der Waals surface area (Å²) >= 11 is 0. The van der Waals surface area contributed by atoms with Gasteiger partial charge in [-0.2, -0.15) is 0 Å². The number of rotatable bonds is 5. The average molecular weight is 208 g/mol. The van der Waals surface area contributed by atoms with Crippen LogP contribution in [0.5, 0.6) is 5.88 Å². The summed E-state index contributed by atoms with van der Waals surface area (Å²) in [5.74, 6) is 1.34. The van der Waals surface area contributed by atoms with Crippen LogP contribution in [-0.4, -0.2) is 11.6 Å². The zero-order valence-corrected chi connectivity index (χ0v) is 9.79. The molecule has 1 aromatic rings. The molecule has 0 aliphatic carbocycles. The van der Waals surface area contributed by atoms with Gasteiger partial charge in [-0.05, 0) is 25.3 Å². The Hall–Kier alpha value is -1.09. The minimum Gasteiger partial charge on any atom is -0.477 e. The van der Waals surface area contributed by atoms with E-state index in [0.717, 1.165) is 17.7 Å². The Morgan fingerprint density at radius 1 is 1.40 bits per heavy atom. The van der Waals surface area contributed by atoms with E-state index in [-0.39, 0.29) is 0 Å². The quantitative estimate of drug-likeness (QED) is 0.807. The molecule has 0 saturated carbocycles. The third kappa shape index (κ3) is 3.88. The SMILES string of the molecule is Cc1ccc(CN)c(OCCC(C)C)n1. The second-order valence-electron chi connectivity index (χ2n) is 4.15. The number of aryl methyl sites for hydroxylation is 1. The van der Waals surface area contributed by atoms with Gasteiger partial charge < -0.3 is 10.5 Å². The van der Waals surface area contributed by atoms with Gasteiger partial charge in [-0.1, -0.05) is 19.9 Å². The molecule has 15 heavy (non-hydrogen) atoms. The summed E-state index contributed by atoms with van der Waals surface area (Å²) in [6.45, 7) is 7.49.